The third-order valence-electron chi connectivity index (χ3n) is 4.36. The van der Waals surface area contributed by atoms with Crippen LogP contribution in [0.2, 0.25) is 0 Å². The van der Waals surface area contributed by atoms with Gasteiger partial charge in [-0.05, 0) is 42.8 Å². The van der Waals surface area contributed by atoms with Crippen molar-refractivity contribution in [3.8, 4) is 11.4 Å². The Morgan fingerprint density at radius 1 is 0.926 bits per heavy atom. The van der Waals surface area contributed by atoms with Crippen molar-refractivity contribution in [2.45, 2.75) is 6.92 Å². The first-order chi connectivity index (χ1) is 13.1. The molecule has 1 aromatic heterocycles. The molecule has 27 heavy (non-hydrogen) atoms. The molecule has 0 atom stereocenters. The van der Waals surface area contributed by atoms with Gasteiger partial charge in [0.25, 0.3) is 5.56 Å². The minimum Gasteiger partial charge on any atom is -0.508 e. The van der Waals surface area contributed by atoms with Gasteiger partial charge in [-0.1, -0.05) is 54.1 Å². The number of hydrogen-bond donors (Lipinski definition) is 1. The molecule has 0 bridgehead atoms. The molecule has 4 nitrogen and oxygen atoms in total. The molecule has 0 aliphatic heterocycles. The van der Waals surface area contributed by atoms with Gasteiger partial charge in [-0.15, -0.1) is 0 Å². The van der Waals surface area contributed by atoms with Crippen LogP contribution in [0.3, 0.4) is 0 Å². The number of nitrogens with zero attached hydrogens (tertiary/aromatic N) is 2. The summed E-state index contributed by atoms with van der Waals surface area (Å²) in [4.78, 5) is 17.8. The van der Waals surface area contributed by atoms with Crippen LogP contribution in [0.4, 0.5) is 0 Å². The number of phenols is 1. The fourth-order valence-electron chi connectivity index (χ4n) is 3.09. The summed E-state index contributed by atoms with van der Waals surface area (Å²) in [5.74, 6) is 0.604. The van der Waals surface area contributed by atoms with Crippen LogP contribution < -0.4 is 5.56 Å². The Morgan fingerprint density at radius 2 is 1.74 bits per heavy atom. The summed E-state index contributed by atoms with van der Waals surface area (Å²) in [6.07, 6.45) is 3.76. The van der Waals surface area contributed by atoms with Crippen molar-refractivity contribution in [1.29, 1.82) is 0 Å². The molecule has 1 heterocycles. The van der Waals surface area contributed by atoms with E-state index in [-0.39, 0.29) is 11.3 Å². The van der Waals surface area contributed by atoms with E-state index in [1.54, 1.807) is 30.3 Å². The van der Waals surface area contributed by atoms with Gasteiger partial charge >= 0.3 is 0 Å². The molecule has 132 valence electrons. The summed E-state index contributed by atoms with van der Waals surface area (Å²) in [7, 11) is 0. The Morgan fingerprint density at radius 3 is 2.56 bits per heavy atom. The standard InChI is InChI=1S/C23H18N2O2/c1-16-6-4-7-17(14-16)12-13-22-24-21-11-3-2-10-20(21)23(27)25(22)18-8-5-9-19(26)15-18/h2-15,26H,1H3. The number of rotatable bonds is 3. The van der Waals surface area contributed by atoms with Crippen molar-refractivity contribution in [2.75, 3.05) is 0 Å². The van der Waals surface area contributed by atoms with Crippen molar-refractivity contribution in [1.82, 2.24) is 9.55 Å². The summed E-state index contributed by atoms with van der Waals surface area (Å²) in [5.41, 5.74) is 3.23. The Labute approximate surface area is 156 Å². The molecule has 0 amide bonds. The van der Waals surface area contributed by atoms with Gasteiger partial charge in [0.2, 0.25) is 0 Å². The SMILES string of the molecule is Cc1cccc(C=Cc2nc3ccccc3c(=O)n2-c2cccc(O)c2)c1. The molecule has 4 heteroatoms. The Balaban J connectivity index is 1.95. The number of aromatic hydroxyl groups is 1. The summed E-state index contributed by atoms with van der Waals surface area (Å²) in [6.45, 7) is 2.04. The topological polar surface area (TPSA) is 55.1 Å². The van der Waals surface area contributed by atoms with E-state index in [9.17, 15) is 9.90 Å². The summed E-state index contributed by atoms with van der Waals surface area (Å²) < 4.78 is 1.52. The van der Waals surface area contributed by atoms with Gasteiger partial charge < -0.3 is 5.11 Å². The van der Waals surface area contributed by atoms with Crippen LogP contribution in [0.5, 0.6) is 5.75 Å². The zero-order valence-electron chi connectivity index (χ0n) is 14.8. The number of aromatic nitrogens is 2. The number of aryl methyl sites for hydroxylation is 1. The number of hydrogen-bond acceptors (Lipinski definition) is 3. The highest BCUT2D eigenvalue weighted by Gasteiger charge is 2.11. The molecule has 0 saturated heterocycles. The average Bonchev–Trinajstić information content (AvgIpc) is 2.66. The van der Waals surface area contributed by atoms with E-state index in [0.717, 1.165) is 11.1 Å². The number of benzene rings is 3. The number of phenolic OH excluding ortho intramolecular Hbond substituents is 1. The van der Waals surface area contributed by atoms with E-state index < -0.39 is 0 Å². The Kier molecular flexibility index (Phi) is 4.30. The molecule has 4 aromatic rings. The highest BCUT2D eigenvalue weighted by atomic mass is 16.3. The van der Waals surface area contributed by atoms with Crippen LogP contribution >= 0.6 is 0 Å². The monoisotopic (exact) mass is 354 g/mol. The van der Waals surface area contributed by atoms with Gasteiger partial charge in [0.15, 0.2) is 0 Å². The molecule has 0 saturated carbocycles. The van der Waals surface area contributed by atoms with Gasteiger partial charge in [-0.25, -0.2) is 4.98 Å². The Hall–Kier alpha value is -3.66. The first-order valence-electron chi connectivity index (χ1n) is 8.68. The zero-order chi connectivity index (χ0) is 18.8. The van der Waals surface area contributed by atoms with E-state index in [2.05, 4.69) is 11.1 Å². The van der Waals surface area contributed by atoms with Crippen molar-refractivity contribution in [3.63, 3.8) is 0 Å². The third-order valence-corrected chi connectivity index (χ3v) is 4.36. The van der Waals surface area contributed by atoms with E-state index in [1.807, 2.05) is 55.5 Å². The molecule has 0 aliphatic rings. The van der Waals surface area contributed by atoms with Crippen LogP contribution in [0, 0.1) is 6.92 Å². The summed E-state index contributed by atoms with van der Waals surface area (Å²) >= 11 is 0. The maximum absolute atomic E-state index is 13.1. The second-order valence-corrected chi connectivity index (χ2v) is 6.40. The van der Waals surface area contributed by atoms with E-state index >= 15 is 0 Å². The molecule has 3 aromatic carbocycles. The van der Waals surface area contributed by atoms with Gasteiger partial charge in [0.1, 0.15) is 11.6 Å². The second-order valence-electron chi connectivity index (χ2n) is 6.40. The molecule has 0 fully saturated rings. The largest absolute Gasteiger partial charge is 0.508 e. The highest BCUT2D eigenvalue weighted by Crippen LogP contribution is 2.18. The predicted octanol–water partition coefficient (Wildman–Crippen LogP) is 4.57. The van der Waals surface area contributed by atoms with E-state index in [0.29, 0.717) is 22.4 Å². The van der Waals surface area contributed by atoms with Gasteiger partial charge in [0, 0.05) is 6.07 Å². The van der Waals surface area contributed by atoms with Gasteiger partial charge in [-0.2, -0.15) is 0 Å². The van der Waals surface area contributed by atoms with Crippen molar-refractivity contribution in [3.05, 3.63) is 100 Å². The zero-order valence-corrected chi connectivity index (χ0v) is 14.8. The van der Waals surface area contributed by atoms with Gasteiger partial charge in [-0.3, -0.25) is 9.36 Å². The molecule has 0 aliphatic carbocycles. The van der Waals surface area contributed by atoms with Crippen LogP contribution in [0.25, 0.3) is 28.7 Å². The fourth-order valence-corrected chi connectivity index (χ4v) is 3.09. The maximum atomic E-state index is 13.1. The lowest BCUT2D eigenvalue weighted by molar-refractivity contribution is 0.475. The van der Waals surface area contributed by atoms with Crippen LogP contribution in [0.1, 0.15) is 17.0 Å². The smallest absolute Gasteiger partial charge is 0.266 e. The number of fused-ring (bicyclic) bond motifs is 1. The van der Waals surface area contributed by atoms with E-state index in [1.165, 1.54) is 4.57 Å². The molecule has 4 rings (SSSR count). The van der Waals surface area contributed by atoms with Crippen molar-refractivity contribution < 1.29 is 5.11 Å². The fraction of sp³-hybridized carbons (Fsp3) is 0.0435. The minimum absolute atomic E-state index is 0.0983. The summed E-state index contributed by atoms with van der Waals surface area (Å²) in [6, 6.07) is 22.0. The minimum atomic E-state index is -0.171. The predicted molar refractivity (Wildman–Crippen MR) is 109 cm³/mol. The maximum Gasteiger partial charge on any atom is 0.266 e. The van der Waals surface area contributed by atoms with Crippen LogP contribution in [0.15, 0.2) is 77.6 Å². The van der Waals surface area contributed by atoms with Crippen molar-refractivity contribution in [2.24, 2.45) is 0 Å². The van der Waals surface area contributed by atoms with Crippen molar-refractivity contribution >= 4 is 23.1 Å². The molecule has 0 radical (unpaired) electrons. The molecule has 0 spiro atoms. The van der Waals surface area contributed by atoms with Crippen LogP contribution in [-0.4, -0.2) is 14.7 Å². The lowest BCUT2D eigenvalue weighted by Gasteiger charge is -2.11. The molecular formula is C23H18N2O2. The number of para-hydroxylation sites is 1. The average molecular weight is 354 g/mol. The Bertz CT molecular complexity index is 1220. The van der Waals surface area contributed by atoms with E-state index in [4.69, 9.17) is 0 Å². The van der Waals surface area contributed by atoms with Crippen LogP contribution in [-0.2, 0) is 0 Å². The first kappa shape index (κ1) is 16.8. The molecule has 1 N–H and O–H groups in total. The second kappa shape index (κ2) is 6.92. The lowest BCUT2D eigenvalue weighted by atomic mass is 10.1. The first-order valence-corrected chi connectivity index (χ1v) is 8.68. The summed E-state index contributed by atoms with van der Waals surface area (Å²) in [5, 5.41) is 10.4. The molecular weight excluding hydrogens is 336 g/mol. The third kappa shape index (κ3) is 3.37. The normalized spacial score (nSPS) is 11.3. The quantitative estimate of drug-likeness (QED) is 0.586. The van der Waals surface area contributed by atoms with Gasteiger partial charge in [0.05, 0.1) is 16.6 Å². The highest BCUT2D eigenvalue weighted by molar-refractivity contribution is 5.80. The lowest BCUT2D eigenvalue weighted by Crippen LogP contribution is -2.22. The molecule has 0 unspecified atom stereocenters.